The predicted molar refractivity (Wildman–Crippen MR) is 256 cm³/mol. The molecule has 0 saturated heterocycles. The van der Waals surface area contributed by atoms with Gasteiger partial charge in [0, 0.05) is 21.5 Å². The van der Waals surface area contributed by atoms with Gasteiger partial charge in [-0.3, -0.25) is 0 Å². The molecule has 0 aromatic heterocycles. The molecule has 0 unspecified atom stereocenters. The van der Waals surface area contributed by atoms with Crippen molar-refractivity contribution in [3.8, 4) is 11.1 Å². The Kier molecular flexibility index (Phi) is 8.29. The predicted octanol–water partition coefficient (Wildman–Crippen LogP) is 12.9. The molecule has 0 radical (unpaired) electrons. The minimum Gasteiger partial charge on any atom is -0.422 e. The van der Waals surface area contributed by atoms with E-state index in [9.17, 15) is 19.2 Å². The third-order valence-electron chi connectivity index (χ3n) is 12.1. The Hall–Kier alpha value is -8.88. The first kappa shape index (κ1) is 36.9. The molecule has 10 aromatic carbocycles. The molecule has 64 heavy (non-hydrogen) atoms. The average molecular weight is 831 g/mol. The largest absolute Gasteiger partial charge is 0.422 e. The lowest BCUT2D eigenvalue weighted by molar-refractivity contribution is 0.549. The second kappa shape index (κ2) is 14.4. The summed E-state index contributed by atoms with van der Waals surface area (Å²) in [6.07, 6.45) is 0. The van der Waals surface area contributed by atoms with E-state index < -0.39 is 22.5 Å². The summed E-state index contributed by atoms with van der Waals surface area (Å²) >= 11 is 0. The summed E-state index contributed by atoms with van der Waals surface area (Å²) in [6.45, 7) is 0. The Labute approximate surface area is 359 Å². The molecule has 2 aliphatic heterocycles. The summed E-state index contributed by atoms with van der Waals surface area (Å²) in [6, 6.07) is 53.9. The maximum Gasteiger partial charge on any atom is 0.344 e. The summed E-state index contributed by atoms with van der Waals surface area (Å²) in [7, 11) is 0. The van der Waals surface area contributed by atoms with Gasteiger partial charge in [-0.25, -0.2) is 19.2 Å². The van der Waals surface area contributed by atoms with E-state index in [1.807, 2.05) is 121 Å². The molecular formula is C56H30O8. The fourth-order valence-corrected chi connectivity index (χ4v) is 9.32. The number of fused-ring (bicyclic) bond motifs is 14. The van der Waals surface area contributed by atoms with E-state index in [4.69, 9.17) is 17.7 Å². The molecule has 12 rings (SSSR count). The lowest BCUT2D eigenvalue weighted by Gasteiger charge is -2.10. The van der Waals surface area contributed by atoms with Crippen LogP contribution in [0.2, 0.25) is 0 Å². The van der Waals surface area contributed by atoms with Crippen molar-refractivity contribution >= 4 is 109 Å². The van der Waals surface area contributed by atoms with Gasteiger partial charge in [0.05, 0.1) is 32.7 Å². The van der Waals surface area contributed by atoms with E-state index in [-0.39, 0.29) is 55.0 Å². The normalized spacial score (nSPS) is 11.7. The van der Waals surface area contributed by atoms with Gasteiger partial charge in [0.2, 0.25) is 0 Å². The van der Waals surface area contributed by atoms with Crippen LogP contribution in [-0.4, -0.2) is 0 Å². The molecule has 0 aliphatic carbocycles. The van der Waals surface area contributed by atoms with Crippen LogP contribution in [-0.2, 0) is 0 Å². The molecule has 0 fully saturated rings. The molecular weight excluding hydrogens is 801 g/mol. The minimum atomic E-state index is -0.743. The van der Waals surface area contributed by atoms with Crippen molar-refractivity contribution in [2.45, 2.75) is 0 Å². The maximum absolute atomic E-state index is 15.0. The van der Waals surface area contributed by atoms with Crippen molar-refractivity contribution < 1.29 is 17.7 Å². The molecule has 302 valence electrons. The Balaban J connectivity index is 1.41. The third-order valence-corrected chi connectivity index (χ3v) is 12.1. The standard InChI is InChI=1S/C56H30O8/c57-53-39-27-23-31-11-1-5-15-35(31)47(39)48-36-16-6-2-12-32(36)24-28-40(48)54(58)62-44-20-10-22-46-52(44)51-43(61-53)19-9-21-45(51)63-55(59)41-29-25-33-13-3-7-17-37(33)49(41)50-38-18-8-4-14-34(38)26-30-42(50)56(60)64-46/h1-30H. The number of hydrogen-bond donors (Lipinski definition) is 0. The molecule has 8 heteroatoms. The van der Waals surface area contributed by atoms with E-state index in [0.717, 1.165) is 21.5 Å². The lowest BCUT2D eigenvalue weighted by Crippen LogP contribution is -2.03. The Morgan fingerprint density at radius 1 is 0.219 bits per heavy atom. The topological polar surface area (TPSA) is 121 Å². The van der Waals surface area contributed by atoms with Gasteiger partial charge in [-0.05, 0) is 91.6 Å². The Morgan fingerprint density at radius 2 is 0.453 bits per heavy atom. The van der Waals surface area contributed by atoms with Crippen molar-refractivity contribution in [2.75, 3.05) is 0 Å². The molecule has 2 aliphatic rings. The fourth-order valence-electron chi connectivity index (χ4n) is 9.32. The van der Waals surface area contributed by atoms with E-state index in [2.05, 4.69) is 0 Å². The molecule has 0 saturated carbocycles. The summed E-state index contributed by atoms with van der Waals surface area (Å²) in [5, 5.41) is 8.84. The van der Waals surface area contributed by atoms with Crippen LogP contribution < -0.4 is 22.5 Å². The van der Waals surface area contributed by atoms with Crippen LogP contribution in [0.25, 0.3) is 120 Å². The Morgan fingerprint density at radius 3 is 0.703 bits per heavy atom. The van der Waals surface area contributed by atoms with Gasteiger partial charge >= 0.3 is 22.5 Å². The molecule has 0 spiro atoms. The van der Waals surface area contributed by atoms with Crippen molar-refractivity contribution in [2.24, 2.45) is 0 Å². The highest BCUT2D eigenvalue weighted by molar-refractivity contribution is 6.27. The van der Waals surface area contributed by atoms with E-state index >= 15 is 0 Å². The highest BCUT2D eigenvalue weighted by Gasteiger charge is 2.20. The zero-order valence-electron chi connectivity index (χ0n) is 33.6. The molecule has 0 amide bonds. The smallest absolute Gasteiger partial charge is 0.344 e. The van der Waals surface area contributed by atoms with Gasteiger partial charge in [0.1, 0.15) is 22.3 Å². The summed E-state index contributed by atoms with van der Waals surface area (Å²) in [5.41, 5.74) is -3.07. The maximum atomic E-state index is 15.0. The Bertz CT molecular complexity index is 3860. The summed E-state index contributed by atoms with van der Waals surface area (Å²) in [4.78, 5) is 59.9. The number of rotatable bonds is 0. The van der Waals surface area contributed by atoms with Gasteiger partial charge in [-0.15, -0.1) is 0 Å². The van der Waals surface area contributed by atoms with Gasteiger partial charge in [-0.2, -0.15) is 0 Å². The monoisotopic (exact) mass is 830 g/mol. The minimum absolute atomic E-state index is 0.0405. The van der Waals surface area contributed by atoms with Crippen LogP contribution in [0.15, 0.2) is 219 Å². The van der Waals surface area contributed by atoms with Crippen LogP contribution in [0.4, 0.5) is 0 Å². The first-order chi connectivity index (χ1) is 31.4. The van der Waals surface area contributed by atoms with E-state index in [0.29, 0.717) is 43.1 Å². The van der Waals surface area contributed by atoms with Crippen LogP contribution in [0.5, 0.6) is 0 Å². The second-order valence-electron chi connectivity index (χ2n) is 15.7. The highest BCUT2D eigenvalue weighted by atomic mass is 16.4. The number of benzene rings is 10. The van der Waals surface area contributed by atoms with E-state index in [1.165, 1.54) is 0 Å². The van der Waals surface area contributed by atoms with Gasteiger partial charge < -0.3 is 17.7 Å². The molecule has 10 aromatic rings. The molecule has 0 N–H and O–H groups in total. The van der Waals surface area contributed by atoms with Crippen molar-refractivity contribution in [1.29, 1.82) is 0 Å². The molecule has 2 heterocycles. The first-order valence-electron chi connectivity index (χ1n) is 20.6. The average Bonchev–Trinajstić information content (AvgIpc) is 3.32. The quantitative estimate of drug-likeness (QED) is 0.148. The highest BCUT2D eigenvalue weighted by Crippen LogP contribution is 2.38. The van der Waals surface area contributed by atoms with Crippen LogP contribution in [0.3, 0.4) is 0 Å². The zero-order chi connectivity index (χ0) is 43.1. The summed E-state index contributed by atoms with van der Waals surface area (Å²) in [5.74, 6) is 0. The molecule has 8 nitrogen and oxygen atoms in total. The van der Waals surface area contributed by atoms with Crippen LogP contribution >= 0.6 is 0 Å². The van der Waals surface area contributed by atoms with E-state index in [1.54, 1.807) is 60.7 Å². The van der Waals surface area contributed by atoms with Gasteiger partial charge in [-0.1, -0.05) is 133 Å². The van der Waals surface area contributed by atoms with Gasteiger partial charge in [0.25, 0.3) is 0 Å². The lowest BCUT2D eigenvalue weighted by atomic mass is 9.95. The van der Waals surface area contributed by atoms with Crippen molar-refractivity contribution in [3.05, 3.63) is 224 Å². The van der Waals surface area contributed by atoms with Crippen LogP contribution in [0, 0.1) is 0 Å². The van der Waals surface area contributed by atoms with Crippen LogP contribution in [0.1, 0.15) is 0 Å². The van der Waals surface area contributed by atoms with Crippen molar-refractivity contribution in [1.82, 2.24) is 0 Å². The third kappa shape index (κ3) is 5.70. The van der Waals surface area contributed by atoms with Gasteiger partial charge in [0.15, 0.2) is 0 Å². The van der Waals surface area contributed by atoms with Crippen molar-refractivity contribution in [3.63, 3.8) is 0 Å². The first-order valence-corrected chi connectivity index (χ1v) is 20.6. The zero-order valence-corrected chi connectivity index (χ0v) is 33.6. The number of hydrogen-bond acceptors (Lipinski definition) is 8. The SMILES string of the molecule is O=c1oc2cccc3oc(=O)c4ccc5ccccc5c4c4c(ccc5ccccc54)c(=O)oc4cccc(oc(=O)c5ccc6ccccc6c5c5c1ccc1ccccc15)c4-c23. The molecule has 0 atom stereocenters. The fraction of sp³-hybridized carbons (Fsp3) is 0. The summed E-state index contributed by atoms with van der Waals surface area (Å²) < 4.78 is 25.7. The molecule has 0 bridgehead atoms. The second-order valence-corrected chi connectivity index (χ2v) is 15.7.